The molecule has 0 aliphatic rings. The minimum Gasteiger partial charge on any atom is -0.197 e. The van der Waals surface area contributed by atoms with Crippen molar-refractivity contribution in [3.8, 4) is 5.69 Å². The molecule has 0 spiro atoms. The van der Waals surface area contributed by atoms with Crippen molar-refractivity contribution in [3.63, 3.8) is 0 Å². The number of tetrazole rings is 1. The van der Waals surface area contributed by atoms with E-state index < -0.39 is 0 Å². The van der Waals surface area contributed by atoms with E-state index in [-0.39, 0.29) is 0 Å². The van der Waals surface area contributed by atoms with Gasteiger partial charge in [0.15, 0.2) is 5.82 Å². The van der Waals surface area contributed by atoms with Gasteiger partial charge >= 0.3 is 0 Å². The van der Waals surface area contributed by atoms with Crippen molar-refractivity contribution in [3.05, 3.63) is 35.7 Å². The number of aromatic nitrogens is 4. The van der Waals surface area contributed by atoms with Gasteiger partial charge in [0.05, 0.1) is 5.69 Å². The second-order valence-corrected chi connectivity index (χ2v) is 4.84. The Balaban J connectivity index is 2.09. The highest BCUT2D eigenvalue weighted by molar-refractivity contribution is 5.35. The van der Waals surface area contributed by atoms with Crippen LogP contribution in [0.15, 0.2) is 24.3 Å². The molecular weight excluding hydrogens is 236 g/mol. The van der Waals surface area contributed by atoms with Crippen LogP contribution in [-0.4, -0.2) is 20.2 Å². The molecule has 4 nitrogen and oxygen atoms in total. The van der Waals surface area contributed by atoms with Crippen LogP contribution in [0.5, 0.6) is 0 Å². The van der Waals surface area contributed by atoms with Gasteiger partial charge in [-0.2, -0.15) is 4.68 Å². The zero-order chi connectivity index (χ0) is 13.5. The summed E-state index contributed by atoms with van der Waals surface area (Å²) in [4.78, 5) is 0. The minimum atomic E-state index is 0.948. The van der Waals surface area contributed by atoms with Crippen LogP contribution in [0.4, 0.5) is 0 Å². The van der Waals surface area contributed by atoms with Gasteiger partial charge in [0.25, 0.3) is 0 Å². The number of hydrogen-bond acceptors (Lipinski definition) is 3. The molecule has 2 aromatic rings. The van der Waals surface area contributed by atoms with Gasteiger partial charge in [-0.15, -0.1) is 5.10 Å². The van der Waals surface area contributed by atoms with E-state index in [1.807, 2.05) is 4.68 Å². The Kier molecular flexibility index (Phi) is 5.07. The molecule has 0 saturated heterocycles. The minimum absolute atomic E-state index is 0.948. The van der Waals surface area contributed by atoms with Crippen molar-refractivity contribution in [1.82, 2.24) is 20.2 Å². The van der Waals surface area contributed by atoms with Crippen LogP contribution >= 0.6 is 0 Å². The summed E-state index contributed by atoms with van der Waals surface area (Å²) in [6.45, 7) is 4.38. The molecule has 4 heteroatoms. The first-order valence-corrected chi connectivity index (χ1v) is 7.21. The molecule has 102 valence electrons. The lowest BCUT2D eigenvalue weighted by Gasteiger charge is -2.06. The van der Waals surface area contributed by atoms with E-state index in [4.69, 9.17) is 0 Å². The highest BCUT2D eigenvalue weighted by atomic mass is 15.5. The fraction of sp³-hybridized carbons (Fsp3) is 0.533. The van der Waals surface area contributed by atoms with Gasteiger partial charge in [-0.05, 0) is 41.0 Å². The Bertz CT molecular complexity index is 504. The van der Waals surface area contributed by atoms with Gasteiger partial charge in [-0.1, -0.05) is 45.2 Å². The van der Waals surface area contributed by atoms with E-state index in [0.29, 0.717) is 0 Å². The number of hydrogen-bond donors (Lipinski definition) is 0. The Hall–Kier alpha value is -1.71. The van der Waals surface area contributed by atoms with Crippen LogP contribution in [0.3, 0.4) is 0 Å². The summed E-state index contributed by atoms with van der Waals surface area (Å²) in [5.41, 5.74) is 2.37. The molecule has 0 atom stereocenters. The second-order valence-electron chi connectivity index (χ2n) is 4.84. The summed E-state index contributed by atoms with van der Waals surface area (Å²) in [6, 6.07) is 8.42. The molecule has 0 amide bonds. The van der Waals surface area contributed by atoms with Crippen molar-refractivity contribution in [1.29, 1.82) is 0 Å². The third-order valence-corrected chi connectivity index (χ3v) is 3.35. The SMILES string of the molecule is CCCCCCc1nnnn1-c1cccc(CC)c1. The molecule has 0 saturated carbocycles. The van der Waals surface area contributed by atoms with Crippen LogP contribution in [0.2, 0.25) is 0 Å². The maximum Gasteiger partial charge on any atom is 0.156 e. The number of benzene rings is 1. The monoisotopic (exact) mass is 258 g/mol. The van der Waals surface area contributed by atoms with E-state index in [9.17, 15) is 0 Å². The normalized spacial score (nSPS) is 10.8. The third kappa shape index (κ3) is 3.63. The van der Waals surface area contributed by atoms with Gasteiger partial charge in [0.2, 0.25) is 0 Å². The van der Waals surface area contributed by atoms with E-state index in [0.717, 1.165) is 30.8 Å². The van der Waals surface area contributed by atoms with Gasteiger partial charge < -0.3 is 0 Å². The molecule has 0 bridgehead atoms. The smallest absolute Gasteiger partial charge is 0.156 e. The quantitative estimate of drug-likeness (QED) is 0.715. The molecule has 1 aromatic carbocycles. The molecule has 0 radical (unpaired) electrons. The van der Waals surface area contributed by atoms with Gasteiger partial charge in [0, 0.05) is 6.42 Å². The van der Waals surface area contributed by atoms with Crippen molar-refractivity contribution in [2.75, 3.05) is 0 Å². The Labute approximate surface area is 114 Å². The third-order valence-electron chi connectivity index (χ3n) is 3.35. The summed E-state index contributed by atoms with van der Waals surface area (Å²) in [5, 5.41) is 12.1. The molecule has 19 heavy (non-hydrogen) atoms. The fourth-order valence-corrected chi connectivity index (χ4v) is 2.18. The van der Waals surface area contributed by atoms with Crippen LogP contribution in [0.1, 0.15) is 50.9 Å². The molecule has 1 heterocycles. The lowest BCUT2D eigenvalue weighted by atomic mass is 10.1. The second kappa shape index (κ2) is 7.02. The van der Waals surface area contributed by atoms with Crippen LogP contribution < -0.4 is 0 Å². The summed E-state index contributed by atoms with van der Waals surface area (Å²) >= 11 is 0. The van der Waals surface area contributed by atoms with Crippen LogP contribution in [-0.2, 0) is 12.8 Å². The number of nitrogens with zero attached hydrogens (tertiary/aromatic N) is 4. The lowest BCUT2D eigenvalue weighted by Crippen LogP contribution is -2.04. The standard InChI is InChI=1S/C15H22N4/c1-3-5-6-7-11-15-16-17-18-19(15)14-10-8-9-13(4-2)12-14/h8-10,12H,3-7,11H2,1-2H3. The Morgan fingerprint density at radius 3 is 2.79 bits per heavy atom. The molecule has 0 N–H and O–H groups in total. The largest absolute Gasteiger partial charge is 0.197 e. The van der Waals surface area contributed by atoms with Crippen molar-refractivity contribution in [2.24, 2.45) is 0 Å². The molecule has 0 aliphatic carbocycles. The van der Waals surface area contributed by atoms with Gasteiger partial charge in [-0.3, -0.25) is 0 Å². The zero-order valence-corrected chi connectivity index (χ0v) is 11.8. The average Bonchev–Trinajstić information content (AvgIpc) is 2.92. The van der Waals surface area contributed by atoms with E-state index in [2.05, 4.69) is 53.6 Å². The van der Waals surface area contributed by atoms with E-state index >= 15 is 0 Å². The Morgan fingerprint density at radius 2 is 2.00 bits per heavy atom. The summed E-state index contributed by atoms with van der Waals surface area (Å²) in [6.07, 6.45) is 6.92. The summed E-state index contributed by atoms with van der Waals surface area (Å²) < 4.78 is 1.87. The molecule has 0 unspecified atom stereocenters. The van der Waals surface area contributed by atoms with Crippen molar-refractivity contribution >= 4 is 0 Å². The predicted octanol–water partition coefficient (Wildman–Crippen LogP) is 3.35. The molecular formula is C15H22N4. The first-order valence-electron chi connectivity index (χ1n) is 7.21. The van der Waals surface area contributed by atoms with Crippen molar-refractivity contribution < 1.29 is 0 Å². The summed E-state index contributed by atoms with van der Waals surface area (Å²) in [7, 11) is 0. The van der Waals surface area contributed by atoms with Crippen LogP contribution in [0.25, 0.3) is 5.69 Å². The predicted molar refractivity (Wildman–Crippen MR) is 76.4 cm³/mol. The molecule has 0 aliphatic heterocycles. The van der Waals surface area contributed by atoms with Gasteiger partial charge in [0.1, 0.15) is 0 Å². The van der Waals surface area contributed by atoms with Gasteiger partial charge in [-0.25, -0.2) is 0 Å². The number of rotatable bonds is 7. The average molecular weight is 258 g/mol. The fourth-order valence-electron chi connectivity index (χ4n) is 2.18. The highest BCUT2D eigenvalue weighted by Crippen LogP contribution is 2.13. The van der Waals surface area contributed by atoms with E-state index in [1.165, 1.54) is 24.8 Å². The first-order chi connectivity index (χ1) is 9.35. The van der Waals surface area contributed by atoms with Crippen LogP contribution in [0, 0.1) is 0 Å². The number of aryl methyl sites for hydroxylation is 2. The molecule has 1 aromatic heterocycles. The maximum atomic E-state index is 4.15. The maximum absolute atomic E-state index is 4.15. The summed E-state index contributed by atoms with van der Waals surface area (Å²) in [5.74, 6) is 0.962. The number of unbranched alkanes of at least 4 members (excludes halogenated alkanes) is 3. The zero-order valence-electron chi connectivity index (χ0n) is 11.8. The first kappa shape index (κ1) is 13.7. The lowest BCUT2D eigenvalue weighted by molar-refractivity contribution is 0.640. The topological polar surface area (TPSA) is 43.6 Å². The van der Waals surface area contributed by atoms with E-state index in [1.54, 1.807) is 0 Å². The highest BCUT2D eigenvalue weighted by Gasteiger charge is 2.08. The van der Waals surface area contributed by atoms with Crippen molar-refractivity contribution in [2.45, 2.75) is 52.4 Å². The molecule has 0 fully saturated rings. The molecule has 2 rings (SSSR count). The Morgan fingerprint density at radius 1 is 1.11 bits per heavy atom.